The zero-order chi connectivity index (χ0) is 16.8. The van der Waals surface area contributed by atoms with Crippen molar-refractivity contribution in [2.45, 2.75) is 18.8 Å². The summed E-state index contributed by atoms with van der Waals surface area (Å²) >= 11 is 0. The van der Waals surface area contributed by atoms with E-state index in [1.807, 2.05) is 6.07 Å². The fourth-order valence-corrected chi connectivity index (χ4v) is 2.28. The number of amides is 1. The van der Waals surface area contributed by atoms with Gasteiger partial charge in [-0.05, 0) is 30.2 Å². The third kappa shape index (κ3) is 5.31. The molecule has 0 saturated heterocycles. The molecule has 2 aromatic carbocycles. The van der Waals surface area contributed by atoms with Crippen molar-refractivity contribution < 1.29 is 19.8 Å². The second-order valence-electron chi connectivity index (χ2n) is 5.32. The molecule has 0 aliphatic carbocycles. The van der Waals surface area contributed by atoms with Gasteiger partial charge in [0.25, 0.3) is 0 Å². The summed E-state index contributed by atoms with van der Waals surface area (Å²) in [5.41, 5.74) is 1.84. The molecule has 2 aromatic rings. The van der Waals surface area contributed by atoms with E-state index in [1.54, 1.807) is 55.5 Å². The van der Waals surface area contributed by atoms with Crippen LogP contribution in [-0.4, -0.2) is 66.4 Å². The summed E-state index contributed by atoms with van der Waals surface area (Å²) < 4.78 is 0. The number of aliphatic hydroxyl groups is 1. The number of aliphatic hydroxyl groups excluding tert-OH is 1. The van der Waals surface area contributed by atoms with E-state index >= 15 is 0 Å². The molecule has 124 valence electrons. The molecule has 2 unspecified atom stereocenters. The quantitative estimate of drug-likeness (QED) is 0.688. The summed E-state index contributed by atoms with van der Waals surface area (Å²) in [6, 6.07) is 15.7. The Morgan fingerprint density at radius 1 is 1.04 bits per heavy atom. The number of benzene rings is 2. The van der Waals surface area contributed by atoms with E-state index in [0.717, 1.165) is 5.56 Å². The van der Waals surface area contributed by atoms with E-state index in [2.05, 4.69) is 5.32 Å². The molecule has 24 heavy (non-hydrogen) atoms. The van der Waals surface area contributed by atoms with Gasteiger partial charge in [0, 0.05) is 5.69 Å². The summed E-state index contributed by atoms with van der Waals surface area (Å²) in [5.74, 6) is -2.59. The molecule has 0 bridgehead atoms. The number of hydrogen-bond donors (Lipinski definition) is 3. The first-order chi connectivity index (χ1) is 11.0. The number of anilines is 1. The molecule has 6 heteroatoms. The molecular formula is C18H21CaNO4. The molecule has 3 N–H and O–H groups in total. The van der Waals surface area contributed by atoms with Crippen LogP contribution >= 0.6 is 0 Å². The molecule has 5 nitrogen and oxygen atoms in total. The number of carbonyl (C=O) groups is 2. The van der Waals surface area contributed by atoms with E-state index in [9.17, 15) is 14.7 Å². The summed E-state index contributed by atoms with van der Waals surface area (Å²) in [4.78, 5) is 23.4. The van der Waals surface area contributed by atoms with Crippen molar-refractivity contribution in [3.8, 4) is 0 Å². The Labute approximate surface area is 170 Å². The first-order valence-corrected chi connectivity index (χ1v) is 7.32. The van der Waals surface area contributed by atoms with Crippen LogP contribution in [0.3, 0.4) is 0 Å². The average molecular weight is 355 g/mol. The third-order valence-electron chi connectivity index (χ3n) is 3.73. The predicted octanol–water partition coefficient (Wildman–Crippen LogP) is 1.67. The fourth-order valence-electron chi connectivity index (χ4n) is 2.28. The van der Waals surface area contributed by atoms with Gasteiger partial charge in [-0.15, -0.1) is 0 Å². The summed E-state index contributed by atoms with van der Waals surface area (Å²) in [5, 5.41) is 21.3. The monoisotopic (exact) mass is 355 g/mol. The second kappa shape index (κ2) is 9.79. The number of aliphatic carboxylic acids is 1. The van der Waals surface area contributed by atoms with E-state index < -0.39 is 17.8 Å². The van der Waals surface area contributed by atoms with Crippen molar-refractivity contribution >= 4 is 55.3 Å². The van der Waals surface area contributed by atoms with Gasteiger partial charge in [0.2, 0.25) is 5.91 Å². The summed E-state index contributed by atoms with van der Waals surface area (Å²) in [6.45, 7) is 1.28. The molecule has 0 saturated carbocycles. The zero-order valence-corrected chi connectivity index (χ0v) is 12.8. The molecule has 0 aliphatic rings. The number of carboxylic acids is 1. The number of carbonyl (C=O) groups excluding carboxylic acids is 1. The van der Waals surface area contributed by atoms with Gasteiger partial charge in [-0.1, -0.05) is 42.5 Å². The van der Waals surface area contributed by atoms with Crippen molar-refractivity contribution in [1.29, 1.82) is 0 Å². The topological polar surface area (TPSA) is 86.6 Å². The molecular weight excluding hydrogens is 334 g/mol. The van der Waals surface area contributed by atoms with Crippen LogP contribution in [0.2, 0.25) is 0 Å². The van der Waals surface area contributed by atoms with Crippen LogP contribution in [0.15, 0.2) is 54.6 Å². The Morgan fingerprint density at radius 2 is 1.67 bits per heavy atom. The van der Waals surface area contributed by atoms with Crippen LogP contribution in [0, 0.1) is 0 Å². The third-order valence-corrected chi connectivity index (χ3v) is 3.73. The minimum absolute atomic E-state index is 0. The second-order valence-corrected chi connectivity index (χ2v) is 5.32. The predicted molar refractivity (Wildman–Crippen MR) is 95.9 cm³/mol. The van der Waals surface area contributed by atoms with E-state index in [1.165, 1.54) is 0 Å². The standard InChI is InChI=1S/C18H19NO4.Ca.2H/c1-12(18(22)23)14-8-5-9-15(10-14)19-17(21)16(11-20)13-6-3-2-4-7-13;;;/h2-10,12,16,20H,11H2,1H3,(H,19,21)(H,22,23);;;. The van der Waals surface area contributed by atoms with Crippen molar-refractivity contribution in [2.24, 2.45) is 0 Å². The van der Waals surface area contributed by atoms with Gasteiger partial charge in [0.05, 0.1) is 18.4 Å². The van der Waals surface area contributed by atoms with Crippen LogP contribution in [0.4, 0.5) is 5.69 Å². The Bertz CT molecular complexity index is 690. The van der Waals surface area contributed by atoms with E-state index in [-0.39, 0.29) is 50.3 Å². The van der Waals surface area contributed by atoms with Crippen LogP contribution in [0.5, 0.6) is 0 Å². The Hall–Kier alpha value is -1.40. The van der Waals surface area contributed by atoms with Crippen molar-refractivity contribution in [1.82, 2.24) is 0 Å². The first kappa shape index (κ1) is 20.6. The molecule has 0 aromatic heterocycles. The number of carboxylic acid groups (broad SMARTS) is 1. The Balaban J connectivity index is 0.00000288. The van der Waals surface area contributed by atoms with Gasteiger partial charge in [-0.25, -0.2) is 0 Å². The van der Waals surface area contributed by atoms with Gasteiger partial charge in [-0.2, -0.15) is 0 Å². The van der Waals surface area contributed by atoms with Gasteiger partial charge in [0.1, 0.15) is 0 Å². The molecule has 2 atom stereocenters. The summed E-state index contributed by atoms with van der Waals surface area (Å²) in [7, 11) is 0. The van der Waals surface area contributed by atoms with Crippen molar-refractivity contribution in [2.75, 3.05) is 11.9 Å². The van der Waals surface area contributed by atoms with Crippen LogP contribution < -0.4 is 5.32 Å². The minimum atomic E-state index is -0.925. The molecule has 0 spiro atoms. The van der Waals surface area contributed by atoms with Crippen LogP contribution in [-0.2, 0) is 9.59 Å². The molecule has 0 fully saturated rings. The van der Waals surface area contributed by atoms with Gasteiger partial charge in [-0.3, -0.25) is 9.59 Å². The fraction of sp³-hybridized carbons (Fsp3) is 0.222. The zero-order valence-electron chi connectivity index (χ0n) is 12.8. The SMILES string of the molecule is CC(C(=O)O)c1cccc(NC(=O)C(CO)c2ccccc2)c1.[CaH2]. The Morgan fingerprint density at radius 3 is 2.25 bits per heavy atom. The molecule has 2 rings (SSSR count). The average Bonchev–Trinajstić information content (AvgIpc) is 2.56. The number of nitrogens with one attached hydrogen (secondary N) is 1. The Kier molecular flexibility index (Phi) is 8.42. The first-order valence-electron chi connectivity index (χ1n) is 7.32. The maximum absolute atomic E-state index is 12.4. The maximum atomic E-state index is 12.4. The summed E-state index contributed by atoms with van der Waals surface area (Å²) in [6.07, 6.45) is 0. The number of rotatable bonds is 6. The normalized spacial score (nSPS) is 12.6. The molecule has 0 aliphatic heterocycles. The molecule has 0 radical (unpaired) electrons. The number of hydrogen-bond acceptors (Lipinski definition) is 3. The molecule has 1 amide bonds. The van der Waals surface area contributed by atoms with Crippen molar-refractivity contribution in [3.05, 3.63) is 65.7 Å². The van der Waals surface area contributed by atoms with Crippen LogP contribution in [0.25, 0.3) is 0 Å². The van der Waals surface area contributed by atoms with Crippen LogP contribution in [0.1, 0.15) is 29.9 Å². The van der Waals surface area contributed by atoms with Gasteiger partial charge in [0.15, 0.2) is 0 Å². The van der Waals surface area contributed by atoms with Gasteiger partial charge < -0.3 is 15.5 Å². The van der Waals surface area contributed by atoms with E-state index in [4.69, 9.17) is 5.11 Å². The van der Waals surface area contributed by atoms with E-state index in [0.29, 0.717) is 11.3 Å². The van der Waals surface area contributed by atoms with Crippen molar-refractivity contribution in [3.63, 3.8) is 0 Å². The molecule has 0 heterocycles. The van der Waals surface area contributed by atoms with Gasteiger partial charge >= 0.3 is 43.7 Å².